The number of nitrogens with zero attached hydrogens (tertiary/aromatic N) is 1. The molecule has 0 aromatic heterocycles. The molecule has 2 N–H and O–H groups in total. The van der Waals surface area contributed by atoms with Crippen LogP contribution in [0.1, 0.15) is 17.3 Å². The summed E-state index contributed by atoms with van der Waals surface area (Å²) >= 11 is 0.580. The Morgan fingerprint density at radius 1 is 0.944 bits per heavy atom. The third kappa shape index (κ3) is 5.61. The normalized spacial score (nSPS) is 14.2. The number of esters is 1. The summed E-state index contributed by atoms with van der Waals surface area (Å²) in [6, 6.07) is 19.0. The van der Waals surface area contributed by atoms with E-state index >= 15 is 0 Å². The number of nitrogens with one attached hydrogen (secondary N) is 2. The number of hydrogen-bond donors (Lipinski definition) is 2. The van der Waals surface area contributed by atoms with E-state index in [4.69, 9.17) is 4.74 Å². The number of fused-ring (bicyclic) bond motifs is 1. The molecule has 0 atom stereocenters. The maximum Gasteiger partial charge on any atom is 0.338 e. The number of carbonyl (C=O) groups excluding carboxylic acids is 5. The van der Waals surface area contributed by atoms with Gasteiger partial charge in [-0.1, -0.05) is 36.4 Å². The second-order valence-corrected chi connectivity index (χ2v) is 8.62. The lowest BCUT2D eigenvalue weighted by molar-refractivity contribution is -0.127. The van der Waals surface area contributed by atoms with E-state index in [1.165, 1.54) is 24.3 Å². The fourth-order valence-electron chi connectivity index (χ4n) is 3.51. The minimum absolute atomic E-state index is 0.0985. The first-order valence-corrected chi connectivity index (χ1v) is 11.8. The molecule has 0 aliphatic carbocycles. The van der Waals surface area contributed by atoms with Crippen molar-refractivity contribution in [2.45, 2.75) is 6.92 Å². The molecular formula is C26H21N3O6S. The smallest absolute Gasteiger partial charge is 0.338 e. The number of thioether (sulfide) groups is 1. The Hall–Kier alpha value is -4.44. The number of carbonyl (C=O) groups is 5. The standard InChI is InChI=1S/C26H21N3O6S/c1-2-35-25(33)17-10-12-18(13-11-17)27-22(30)14-21-24(32)29(26(34)36-21)15-23(31)28-20-9-5-7-16-6-3-4-8-19(16)20/h3-14H,2,15H2,1H3,(H,27,30)(H,28,31)/b21-14+. The molecule has 0 bridgehead atoms. The van der Waals surface area contributed by atoms with Gasteiger partial charge in [-0.15, -0.1) is 0 Å². The van der Waals surface area contributed by atoms with E-state index in [1.807, 2.05) is 30.3 Å². The zero-order chi connectivity index (χ0) is 25.7. The predicted molar refractivity (Wildman–Crippen MR) is 136 cm³/mol. The molecule has 36 heavy (non-hydrogen) atoms. The third-order valence-corrected chi connectivity index (χ3v) is 6.07. The molecule has 4 rings (SSSR count). The molecule has 10 heteroatoms. The Balaban J connectivity index is 1.38. The minimum Gasteiger partial charge on any atom is -0.462 e. The molecule has 0 unspecified atom stereocenters. The number of benzene rings is 3. The van der Waals surface area contributed by atoms with Crippen LogP contribution in [0.4, 0.5) is 16.2 Å². The molecule has 1 saturated heterocycles. The van der Waals surface area contributed by atoms with Crippen LogP contribution in [0.3, 0.4) is 0 Å². The largest absolute Gasteiger partial charge is 0.462 e. The van der Waals surface area contributed by atoms with Gasteiger partial charge in [-0.3, -0.25) is 24.1 Å². The second kappa shape index (κ2) is 10.9. The summed E-state index contributed by atoms with van der Waals surface area (Å²) in [5, 5.41) is 6.42. The van der Waals surface area contributed by atoms with Crippen LogP contribution in [0.5, 0.6) is 0 Å². The van der Waals surface area contributed by atoms with Crippen molar-refractivity contribution in [3.8, 4) is 0 Å². The number of hydrogen-bond acceptors (Lipinski definition) is 7. The highest BCUT2D eigenvalue weighted by Gasteiger charge is 2.36. The first-order chi connectivity index (χ1) is 17.4. The molecule has 3 aromatic rings. The summed E-state index contributed by atoms with van der Waals surface area (Å²) in [6.45, 7) is 1.46. The van der Waals surface area contributed by atoms with Gasteiger partial charge in [-0.2, -0.15) is 0 Å². The van der Waals surface area contributed by atoms with Gasteiger partial charge in [0.25, 0.3) is 11.1 Å². The Morgan fingerprint density at radius 2 is 1.67 bits per heavy atom. The van der Waals surface area contributed by atoms with Crippen LogP contribution >= 0.6 is 11.8 Å². The average Bonchev–Trinajstić information content (AvgIpc) is 3.12. The molecule has 9 nitrogen and oxygen atoms in total. The maximum atomic E-state index is 12.7. The van der Waals surface area contributed by atoms with Crippen molar-refractivity contribution in [2.75, 3.05) is 23.8 Å². The SMILES string of the molecule is CCOC(=O)c1ccc(NC(=O)/C=C2/SC(=O)N(CC(=O)Nc3cccc4ccccc34)C2=O)cc1. The van der Waals surface area contributed by atoms with Crippen LogP contribution in [0.25, 0.3) is 10.8 Å². The number of rotatable bonds is 7. The lowest BCUT2D eigenvalue weighted by Crippen LogP contribution is -2.36. The number of amides is 4. The van der Waals surface area contributed by atoms with Gasteiger partial charge in [0.2, 0.25) is 11.8 Å². The quantitative estimate of drug-likeness (QED) is 0.366. The first-order valence-electron chi connectivity index (χ1n) is 11.0. The molecule has 1 aliphatic heterocycles. The topological polar surface area (TPSA) is 122 Å². The van der Waals surface area contributed by atoms with Crippen LogP contribution in [0, 0.1) is 0 Å². The molecule has 0 saturated carbocycles. The lowest BCUT2D eigenvalue weighted by atomic mass is 10.1. The van der Waals surface area contributed by atoms with E-state index in [0.717, 1.165) is 21.7 Å². The molecule has 182 valence electrons. The molecule has 0 radical (unpaired) electrons. The van der Waals surface area contributed by atoms with Crippen molar-refractivity contribution < 1.29 is 28.7 Å². The summed E-state index contributed by atoms with van der Waals surface area (Å²) in [5.41, 5.74) is 1.28. The number of anilines is 2. The zero-order valence-corrected chi connectivity index (χ0v) is 20.0. The molecule has 4 amide bonds. The molecule has 3 aromatic carbocycles. The lowest BCUT2D eigenvalue weighted by Gasteiger charge is -2.13. The second-order valence-electron chi connectivity index (χ2n) is 7.63. The third-order valence-electron chi connectivity index (χ3n) is 5.16. The fraction of sp³-hybridized carbons (Fsp3) is 0.115. The van der Waals surface area contributed by atoms with Gasteiger partial charge in [0.15, 0.2) is 0 Å². The fourth-order valence-corrected chi connectivity index (χ4v) is 4.31. The molecule has 1 aliphatic rings. The predicted octanol–water partition coefficient (Wildman–Crippen LogP) is 4.17. The van der Waals surface area contributed by atoms with Gasteiger partial charge in [0, 0.05) is 22.8 Å². The first kappa shape index (κ1) is 24.7. The summed E-state index contributed by atoms with van der Waals surface area (Å²) in [7, 11) is 0. The van der Waals surface area contributed by atoms with Crippen molar-refractivity contribution in [1.82, 2.24) is 4.90 Å². The van der Waals surface area contributed by atoms with E-state index < -0.39 is 35.5 Å². The summed E-state index contributed by atoms with van der Waals surface area (Å²) in [5.74, 6) is -2.38. The van der Waals surface area contributed by atoms with E-state index in [2.05, 4.69) is 10.6 Å². The van der Waals surface area contributed by atoms with Crippen LogP contribution in [0.2, 0.25) is 0 Å². The summed E-state index contributed by atoms with van der Waals surface area (Å²) in [4.78, 5) is 62.4. The van der Waals surface area contributed by atoms with E-state index in [1.54, 1.807) is 19.1 Å². The molecular weight excluding hydrogens is 482 g/mol. The van der Waals surface area contributed by atoms with Crippen molar-refractivity contribution in [3.05, 3.63) is 83.3 Å². The van der Waals surface area contributed by atoms with E-state index in [0.29, 0.717) is 28.7 Å². The van der Waals surface area contributed by atoms with E-state index in [9.17, 15) is 24.0 Å². The van der Waals surface area contributed by atoms with Gasteiger partial charge in [-0.05, 0) is 54.4 Å². The van der Waals surface area contributed by atoms with Crippen molar-refractivity contribution in [2.24, 2.45) is 0 Å². The zero-order valence-electron chi connectivity index (χ0n) is 19.1. The van der Waals surface area contributed by atoms with Gasteiger partial charge >= 0.3 is 5.97 Å². The Bertz CT molecular complexity index is 1400. The van der Waals surface area contributed by atoms with E-state index in [-0.39, 0.29) is 11.5 Å². The Labute approximate surface area is 210 Å². The highest BCUT2D eigenvalue weighted by Crippen LogP contribution is 2.31. The van der Waals surface area contributed by atoms with Gasteiger partial charge < -0.3 is 15.4 Å². The maximum absolute atomic E-state index is 12.7. The van der Waals surface area contributed by atoms with Crippen molar-refractivity contribution in [3.63, 3.8) is 0 Å². The Kier molecular flexibility index (Phi) is 7.45. The summed E-state index contributed by atoms with van der Waals surface area (Å²) in [6.07, 6.45) is 1.01. The van der Waals surface area contributed by atoms with Gasteiger partial charge in [0.1, 0.15) is 6.54 Å². The monoisotopic (exact) mass is 503 g/mol. The van der Waals surface area contributed by atoms with Crippen LogP contribution in [-0.4, -0.2) is 47.0 Å². The Morgan fingerprint density at radius 3 is 2.42 bits per heavy atom. The highest BCUT2D eigenvalue weighted by molar-refractivity contribution is 8.18. The number of ether oxygens (including phenoxy) is 1. The highest BCUT2D eigenvalue weighted by atomic mass is 32.2. The van der Waals surface area contributed by atoms with Gasteiger partial charge in [0.05, 0.1) is 17.1 Å². The van der Waals surface area contributed by atoms with Crippen LogP contribution in [0.15, 0.2) is 77.7 Å². The average molecular weight is 504 g/mol. The summed E-state index contributed by atoms with van der Waals surface area (Å²) < 4.78 is 4.91. The molecule has 1 heterocycles. The molecule has 1 fully saturated rings. The van der Waals surface area contributed by atoms with Crippen LogP contribution in [-0.2, 0) is 19.1 Å². The van der Waals surface area contributed by atoms with Crippen LogP contribution < -0.4 is 10.6 Å². The molecule has 0 spiro atoms. The van der Waals surface area contributed by atoms with Crippen molar-refractivity contribution in [1.29, 1.82) is 0 Å². The van der Waals surface area contributed by atoms with Crippen molar-refractivity contribution >= 4 is 62.8 Å². The number of imide groups is 1. The van der Waals surface area contributed by atoms with Gasteiger partial charge in [-0.25, -0.2) is 4.79 Å². The minimum atomic E-state index is -0.731.